The van der Waals surface area contributed by atoms with Gasteiger partial charge in [-0.3, -0.25) is 5.84 Å². The van der Waals surface area contributed by atoms with E-state index in [0.717, 1.165) is 31.0 Å². The van der Waals surface area contributed by atoms with Crippen molar-refractivity contribution in [3.63, 3.8) is 0 Å². The largest absolute Gasteiger partial charge is 0.337 e. The molecule has 0 amide bonds. The lowest BCUT2D eigenvalue weighted by Gasteiger charge is -2.16. The van der Waals surface area contributed by atoms with Crippen LogP contribution in [0.15, 0.2) is 24.8 Å². The molecule has 3 N–H and O–H groups in total. The molecule has 0 saturated carbocycles. The number of rotatable bonds is 6. The van der Waals surface area contributed by atoms with Crippen molar-refractivity contribution < 1.29 is 0 Å². The lowest BCUT2D eigenvalue weighted by Crippen LogP contribution is -2.32. The number of imidazole rings is 2. The summed E-state index contributed by atoms with van der Waals surface area (Å²) in [6.45, 7) is 3.13. The second-order valence-electron chi connectivity index (χ2n) is 4.36. The minimum atomic E-state index is -0.0250. The molecule has 0 aromatic carbocycles. The maximum atomic E-state index is 5.63. The zero-order chi connectivity index (χ0) is 13.0. The van der Waals surface area contributed by atoms with Gasteiger partial charge < -0.3 is 9.13 Å². The topological polar surface area (TPSA) is 73.7 Å². The van der Waals surface area contributed by atoms with Gasteiger partial charge in [0, 0.05) is 44.8 Å². The third-order valence-electron chi connectivity index (χ3n) is 3.02. The Morgan fingerprint density at radius 1 is 1.33 bits per heavy atom. The highest BCUT2D eigenvalue weighted by Gasteiger charge is 2.17. The van der Waals surface area contributed by atoms with Crippen molar-refractivity contribution in [2.75, 3.05) is 0 Å². The van der Waals surface area contributed by atoms with Crippen LogP contribution in [0.1, 0.15) is 31.0 Å². The summed E-state index contributed by atoms with van der Waals surface area (Å²) in [5.41, 5.74) is 2.82. The molecular formula is C12H20N6. The maximum Gasteiger partial charge on any atom is 0.127 e. The third-order valence-corrected chi connectivity index (χ3v) is 3.02. The van der Waals surface area contributed by atoms with Crippen LogP contribution in [0.4, 0.5) is 0 Å². The Bertz CT molecular complexity index is 486. The molecule has 0 saturated heterocycles. The van der Waals surface area contributed by atoms with Gasteiger partial charge >= 0.3 is 0 Å². The highest BCUT2D eigenvalue weighted by molar-refractivity contribution is 5.04. The van der Waals surface area contributed by atoms with Crippen molar-refractivity contribution in [2.45, 2.75) is 32.4 Å². The predicted molar refractivity (Wildman–Crippen MR) is 69.5 cm³/mol. The summed E-state index contributed by atoms with van der Waals surface area (Å²) in [7, 11) is 1.96. The van der Waals surface area contributed by atoms with Crippen LogP contribution < -0.4 is 11.3 Å². The quantitative estimate of drug-likeness (QED) is 0.585. The van der Waals surface area contributed by atoms with E-state index < -0.39 is 0 Å². The van der Waals surface area contributed by atoms with Gasteiger partial charge in [0.15, 0.2) is 0 Å². The van der Waals surface area contributed by atoms with Gasteiger partial charge in [-0.1, -0.05) is 6.92 Å². The van der Waals surface area contributed by atoms with Gasteiger partial charge in [0.1, 0.15) is 11.6 Å². The minimum Gasteiger partial charge on any atom is -0.337 e. The highest BCUT2D eigenvalue weighted by atomic mass is 15.3. The van der Waals surface area contributed by atoms with Crippen LogP contribution in [0.25, 0.3) is 0 Å². The summed E-state index contributed by atoms with van der Waals surface area (Å²) in [4.78, 5) is 8.72. The Hall–Kier alpha value is -1.66. The molecule has 2 aromatic heterocycles. The SMILES string of the molecule is CCCn1ccnc1CC(NN)c1nccn1C. The molecule has 18 heavy (non-hydrogen) atoms. The van der Waals surface area contributed by atoms with Gasteiger partial charge in [-0.05, 0) is 6.42 Å². The summed E-state index contributed by atoms with van der Waals surface area (Å²) < 4.78 is 4.13. The van der Waals surface area contributed by atoms with Crippen molar-refractivity contribution in [3.05, 3.63) is 36.4 Å². The predicted octanol–water partition coefficient (Wildman–Crippen LogP) is 0.774. The summed E-state index contributed by atoms with van der Waals surface area (Å²) in [5, 5.41) is 0. The average molecular weight is 248 g/mol. The number of hydrogen-bond donors (Lipinski definition) is 2. The smallest absolute Gasteiger partial charge is 0.127 e. The van der Waals surface area contributed by atoms with E-state index >= 15 is 0 Å². The van der Waals surface area contributed by atoms with Crippen molar-refractivity contribution in [3.8, 4) is 0 Å². The number of aromatic nitrogens is 4. The van der Waals surface area contributed by atoms with Crippen LogP contribution in [0.2, 0.25) is 0 Å². The third kappa shape index (κ3) is 2.60. The summed E-state index contributed by atoms with van der Waals surface area (Å²) >= 11 is 0. The van der Waals surface area contributed by atoms with Crippen molar-refractivity contribution in [1.29, 1.82) is 0 Å². The van der Waals surface area contributed by atoms with E-state index in [1.165, 1.54) is 0 Å². The highest BCUT2D eigenvalue weighted by Crippen LogP contribution is 2.15. The zero-order valence-corrected chi connectivity index (χ0v) is 10.9. The van der Waals surface area contributed by atoms with Crippen LogP contribution in [0.3, 0.4) is 0 Å². The molecule has 1 unspecified atom stereocenters. The van der Waals surface area contributed by atoms with E-state index in [1.807, 2.05) is 30.2 Å². The molecule has 2 rings (SSSR count). The Labute approximate surface area is 107 Å². The fourth-order valence-corrected chi connectivity index (χ4v) is 2.09. The zero-order valence-electron chi connectivity index (χ0n) is 10.9. The minimum absolute atomic E-state index is 0.0250. The van der Waals surface area contributed by atoms with E-state index in [2.05, 4.69) is 26.9 Å². The molecule has 2 heterocycles. The van der Waals surface area contributed by atoms with Crippen LogP contribution in [-0.2, 0) is 20.0 Å². The molecule has 0 spiro atoms. The van der Waals surface area contributed by atoms with E-state index in [-0.39, 0.29) is 6.04 Å². The first-order valence-electron chi connectivity index (χ1n) is 6.19. The first-order valence-corrected chi connectivity index (χ1v) is 6.19. The number of nitrogens with zero attached hydrogens (tertiary/aromatic N) is 4. The molecule has 0 aliphatic rings. The molecule has 0 bridgehead atoms. The standard InChI is InChI=1S/C12H20N6/c1-3-6-18-8-5-14-11(18)9-10(16-13)12-15-4-7-17(12)2/h4-5,7-8,10,16H,3,6,9,13H2,1-2H3. The molecule has 6 nitrogen and oxygen atoms in total. The molecule has 6 heteroatoms. The number of hydrazine groups is 1. The van der Waals surface area contributed by atoms with E-state index in [4.69, 9.17) is 5.84 Å². The first kappa shape index (κ1) is 12.8. The fraction of sp³-hybridized carbons (Fsp3) is 0.500. The lowest BCUT2D eigenvalue weighted by molar-refractivity contribution is 0.483. The van der Waals surface area contributed by atoms with Gasteiger partial charge in [0.05, 0.1) is 6.04 Å². The van der Waals surface area contributed by atoms with Crippen LogP contribution in [-0.4, -0.2) is 19.1 Å². The maximum absolute atomic E-state index is 5.63. The number of nitrogens with one attached hydrogen (secondary N) is 1. The monoisotopic (exact) mass is 248 g/mol. The molecule has 98 valence electrons. The fourth-order valence-electron chi connectivity index (χ4n) is 2.09. The van der Waals surface area contributed by atoms with Crippen molar-refractivity contribution >= 4 is 0 Å². The molecular weight excluding hydrogens is 228 g/mol. The van der Waals surface area contributed by atoms with Gasteiger partial charge in [-0.2, -0.15) is 0 Å². The molecule has 0 fully saturated rings. The van der Waals surface area contributed by atoms with Gasteiger partial charge in [0.2, 0.25) is 0 Å². The van der Waals surface area contributed by atoms with Crippen molar-refractivity contribution in [2.24, 2.45) is 12.9 Å². The van der Waals surface area contributed by atoms with Crippen LogP contribution in [0.5, 0.6) is 0 Å². The van der Waals surface area contributed by atoms with Gasteiger partial charge in [0.25, 0.3) is 0 Å². The van der Waals surface area contributed by atoms with Crippen LogP contribution >= 0.6 is 0 Å². The summed E-state index contributed by atoms with van der Waals surface area (Å²) in [6, 6.07) is -0.0250. The Kier molecular flexibility index (Phi) is 4.11. The normalized spacial score (nSPS) is 12.8. The molecule has 0 radical (unpaired) electrons. The lowest BCUT2D eigenvalue weighted by atomic mass is 10.2. The van der Waals surface area contributed by atoms with Gasteiger partial charge in [-0.15, -0.1) is 0 Å². The number of hydrogen-bond acceptors (Lipinski definition) is 4. The second-order valence-corrected chi connectivity index (χ2v) is 4.36. The molecule has 0 aliphatic heterocycles. The molecule has 0 aliphatic carbocycles. The van der Waals surface area contributed by atoms with Gasteiger partial charge in [-0.25, -0.2) is 15.4 Å². The van der Waals surface area contributed by atoms with E-state index in [1.54, 1.807) is 6.20 Å². The van der Waals surface area contributed by atoms with E-state index in [0.29, 0.717) is 0 Å². The van der Waals surface area contributed by atoms with Crippen molar-refractivity contribution in [1.82, 2.24) is 24.5 Å². The average Bonchev–Trinajstić information content (AvgIpc) is 2.96. The summed E-state index contributed by atoms with van der Waals surface area (Å²) in [6.07, 6.45) is 9.35. The Morgan fingerprint density at radius 3 is 2.72 bits per heavy atom. The summed E-state index contributed by atoms with van der Waals surface area (Å²) in [5.74, 6) is 7.58. The number of aryl methyl sites for hydroxylation is 2. The van der Waals surface area contributed by atoms with Crippen LogP contribution in [0, 0.1) is 0 Å². The Balaban J connectivity index is 2.15. The Morgan fingerprint density at radius 2 is 2.11 bits per heavy atom. The first-order chi connectivity index (χ1) is 8.76. The second kappa shape index (κ2) is 5.79. The number of nitrogens with two attached hydrogens (primary N) is 1. The molecule has 2 aromatic rings. The van der Waals surface area contributed by atoms with E-state index in [9.17, 15) is 0 Å². The molecule has 1 atom stereocenters.